The molecule has 0 radical (unpaired) electrons. The largest absolute Gasteiger partial charge is 0.497 e. The van der Waals surface area contributed by atoms with Gasteiger partial charge in [0.1, 0.15) is 28.7 Å². The van der Waals surface area contributed by atoms with E-state index in [1.807, 2.05) is 6.92 Å². The van der Waals surface area contributed by atoms with Crippen molar-refractivity contribution in [1.29, 1.82) is 0 Å². The van der Waals surface area contributed by atoms with Gasteiger partial charge in [0, 0.05) is 6.07 Å². The lowest BCUT2D eigenvalue weighted by atomic mass is 10.2. The molecule has 29 heavy (non-hydrogen) atoms. The van der Waals surface area contributed by atoms with Gasteiger partial charge in [-0.3, -0.25) is 0 Å². The van der Waals surface area contributed by atoms with Gasteiger partial charge in [-0.1, -0.05) is 17.7 Å². The molecule has 0 fully saturated rings. The number of ether oxygens (including phenoxy) is 2. The zero-order chi connectivity index (χ0) is 20.9. The van der Waals surface area contributed by atoms with Crippen LogP contribution in [0.5, 0.6) is 11.5 Å². The molecule has 0 aliphatic carbocycles. The number of sulfonamides is 1. The summed E-state index contributed by atoms with van der Waals surface area (Å²) in [7, 11) is -0.476. The number of methoxy groups -OCH3 is 2. The number of hydrogen-bond donors (Lipinski definition) is 1. The van der Waals surface area contributed by atoms with Crippen LogP contribution in [0.15, 0.2) is 68.9 Å². The Morgan fingerprint density at radius 3 is 2.48 bits per heavy atom. The molecule has 3 rings (SSSR count). The van der Waals surface area contributed by atoms with Crippen LogP contribution in [0.25, 0.3) is 0 Å². The molecule has 1 aromatic heterocycles. The second-order valence-electron chi connectivity index (χ2n) is 6.24. The molecular weight excluding hydrogens is 392 g/mol. The fraction of sp³-hybridized carbons (Fsp3) is 0.190. The van der Waals surface area contributed by atoms with Crippen LogP contribution in [0.2, 0.25) is 0 Å². The first kappa shape index (κ1) is 20.6. The Labute approximate surface area is 170 Å². The number of aliphatic imine (C=N–C) groups is 1. The van der Waals surface area contributed by atoms with Crippen molar-refractivity contribution < 1.29 is 22.3 Å². The van der Waals surface area contributed by atoms with E-state index in [0.717, 1.165) is 5.56 Å². The normalized spacial score (nSPS) is 11.7. The van der Waals surface area contributed by atoms with Crippen LogP contribution < -0.4 is 14.2 Å². The van der Waals surface area contributed by atoms with Gasteiger partial charge < -0.3 is 13.9 Å². The summed E-state index contributed by atoms with van der Waals surface area (Å²) in [5, 5.41) is 0. The number of hydrogen-bond acceptors (Lipinski definition) is 6. The van der Waals surface area contributed by atoms with E-state index in [9.17, 15) is 8.42 Å². The Morgan fingerprint density at radius 2 is 1.79 bits per heavy atom. The minimum absolute atomic E-state index is 0.0376. The molecule has 0 aliphatic heterocycles. The van der Waals surface area contributed by atoms with Crippen molar-refractivity contribution in [3.63, 3.8) is 0 Å². The highest BCUT2D eigenvalue weighted by molar-refractivity contribution is 7.89. The Balaban J connectivity index is 1.67. The van der Waals surface area contributed by atoms with Crippen LogP contribution in [0.4, 0.5) is 5.69 Å². The average Bonchev–Trinajstić information content (AvgIpc) is 3.19. The third-order valence-electron chi connectivity index (χ3n) is 4.17. The molecule has 0 spiro atoms. The van der Waals surface area contributed by atoms with Crippen LogP contribution in [-0.2, 0) is 16.6 Å². The van der Waals surface area contributed by atoms with E-state index in [1.165, 1.54) is 0 Å². The molecule has 0 unspecified atom stereocenters. The van der Waals surface area contributed by atoms with Crippen LogP contribution in [0.3, 0.4) is 0 Å². The van der Waals surface area contributed by atoms with Crippen LogP contribution in [-0.4, -0.2) is 28.9 Å². The van der Waals surface area contributed by atoms with Crippen molar-refractivity contribution in [3.8, 4) is 11.5 Å². The minimum Gasteiger partial charge on any atom is -0.497 e. The molecule has 0 amide bonds. The van der Waals surface area contributed by atoms with Gasteiger partial charge in [-0.05, 0) is 43.3 Å². The van der Waals surface area contributed by atoms with Crippen molar-refractivity contribution in [1.82, 2.24) is 4.72 Å². The second kappa shape index (κ2) is 8.93. The Morgan fingerprint density at radius 1 is 1.03 bits per heavy atom. The molecule has 0 bridgehead atoms. The van der Waals surface area contributed by atoms with Gasteiger partial charge in [0.05, 0.1) is 31.9 Å². The SMILES string of the molecule is COc1ccc(N=Cc2ccc(CNS(=O)(=O)c3ccc(C)cc3)o2)c(OC)c1. The van der Waals surface area contributed by atoms with Gasteiger partial charge in [-0.2, -0.15) is 0 Å². The third-order valence-corrected chi connectivity index (χ3v) is 5.59. The zero-order valence-electron chi connectivity index (χ0n) is 16.4. The minimum atomic E-state index is -3.61. The topological polar surface area (TPSA) is 90.1 Å². The zero-order valence-corrected chi connectivity index (χ0v) is 17.2. The number of aryl methyl sites for hydroxylation is 1. The van der Waals surface area contributed by atoms with E-state index in [4.69, 9.17) is 13.9 Å². The maximum atomic E-state index is 12.4. The number of furan rings is 1. The monoisotopic (exact) mass is 414 g/mol. The van der Waals surface area contributed by atoms with Gasteiger partial charge in [-0.25, -0.2) is 18.1 Å². The molecular formula is C21H22N2O5S. The highest BCUT2D eigenvalue weighted by Gasteiger charge is 2.14. The molecule has 0 atom stereocenters. The lowest BCUT2D eigenvalue weighted by Crippen LogP contribution is -2.22. The Bertz CT molecular complexity index is 1100. The number of nitrogens with zero attached hydrogens (tertiary/aromatic N) is 1. The molecule has 0 saturated carbocycles. The maximum Gasteiger partial charge on any atom is 0.240 e. The predicted molar refractivity (Wildman–Crippen MR) is 111 cm³/mol. The van der Waals surface area contributed by atoms with Gasteiger partial charge >= 0.3 is 0 Å². The molecule has 152 valence electrons. The summed E-state index contributed by atoms with van der Waals surface area (Å²) < 4.78 is 43.3. The molecule has 7 nitrogen and oxygen atoms in total. The number of benzene rings is 2. The molecule has 0 saturated heterocycles. The van der Waals surface area contributed by atoms with E-state index < -0.39 is 10.0 Å². The molecule has 3 aromatic rings. The van der Waals surface area contributed by atoms with Crippen molar-refractivity contribution in [2.45, 2.75) is 18.4 Å². The van der Waals surface area contributed by atoms with Crippen LogP contribution in [0, 0.1) is 6.92 Å². The summed E-state index contributed by atoms with van der Waals surface area (Å²) in [6.45, 7) is 1.94. The predicted octanol–water partition coefficient (Wildman–Crippen LogP) is 3.83. The van der Waals surface area contributed by atoms with Crippen molar-refractivity contribution in [3.05, 3.63) is 71.7 Å². The van der Waals surface area contributed by atoms with Gasteiger partial charge in [0.2, 0.25) is 10.0 Å². The average molecular weight is 414 g/mol. The second-order valence-corrected chi connectivity index (χ2v) is 8.00. The highest BCUT2D eigenvalue weighted by Crippen LogP contribution is 2.31. The lowest BCUT2D eigenvalue weighted by molar-refractivity contribution is 0.395. The van der Waals surface area contributed by atoms with Gasteiger partial charge in [0.15, 0.2) is 0 Å². The fourth-order valence-corrected chi connectivity index (χ4v) is 3.54. The molecule has 1 heterocycles. The summed E-state index contributed by atoms with van der Waals surface area (Å²) in [4.78, 5) is 4.57. The molecule has 2 aromatic carbocycles. The smallest absolute Gasteiger partial charge is 0.240 e. The molecule has 1 N–H and O–H groups in total. The van der Waals surface area contributed by atoms with Gasteiger partial charge in [0.25, 0.3) is 0 Å². The Hall–Kier alpha value is -3.10. The quantitative estimate of drug-likeness (QED) is 0.566. The van der Waals surface area contributed by atoms with Gasteiger partial charge in [-0.15, -0.1) is 0 Å². The van der Waals surface area contributed by atoms with Crippen LogP contribution in [0.1, 0.15) is 17.1 Å². The van der Waals surface area contributed by atoms with Crippen LogP contribution >= 0.6 is 0 Å². The maximum absolute atomic E-state index is 12.4. The summed E-state index contributed by atoms with van der Waals surface area (Å²) in [6, 6.07) is 15.4. The summed E-state index contributed by atoms with van der Waals surface area (Å²) >= 11 is 0. The van der Waals surface area contributed by atoms with E-state index >= 15 is 0 Å². The Kier molecular flexibility index (Phi) is 6.36. The lowest BCUT2D eigenvalue weighted by Gasteiger charge is -2.06. The first-order valence-electron chi connectivity index (χ1n) is 8.82. The third kappa shape index (κ3) is 5.24. The first-order valence-corrected chi connectivity index (χ1v) is 10.3. The number of nitrogens with one attached hydrogen (secondary N) is 1. The van der Waals surface area contributed by atoms with E-state index in [0.29, 0.717) is 28.7 Å². The first-order chi connectivity index (χ1) is 13.9. The molecule has 0 aliphatic rings. The number of rotatable bonds is 8. The summed E-state index contributed by atoms with van der Waals surface area (Å²) in [5.41, 5.74) is 1.61. The summed E-state index contributed by atoms with van der Waals surface area (Å²) in [5.74, 6) is 2.21. The standard InChI is InChI=1S/C21H22N2O5S/c1-15-4-9-19(10-5-15)29(24,25)23-14-18-7-6-17(28-18)13-22-20-11-8-16(26-2)12-21(20)27-3/h4-13,23H,14H2,1-3H3. The van der Waals surface area contributed by atoms with Crippen molar-refractivity contribution in [2.75, 3.05) is 14.2 Å². The molecule has 8 heteroatoms. The fourth-order valence-electron chi connectivity index (χ4n) is 2.55. The van der Waals surface area contributed by atoms with E-state index in [-0.39, 0.29) is 11.4 Å². The van der Waals surface area contributed by atoms with Crippen molar-refractivity contribution in [2.24, 2.45) is 4.99 Å². The highest BCUT2D eigenvalue weighted by atomic mass is 32.2. The van der Waals surface area contributed by atoms with Crippen molar-refractivity contribution >= 4 is 21.9 Å². The van der Waals surface area contributed by atoms with E-state index in [2.05, 4.69) is 9.71 Å². The van der Waals surface area contributed by atoms with E-state index in [1.54, 1.807) is 75.0 Å². The summed E-state index contributed by atoms with van der Waals surface area (Å²) in [6.07, 6.45) is 1.54.